The average Bonchev–Trinajstić information content (AvgIpc) is 3.44. The highest BCUT2D eigenvalue weighted by Gasteiger charge is 2.49. The highest BCUT2D eigenvalue weighted by atomic mass is 32.1. The maximum absolute atomic E-state index is 13.5. The number of nitrogens with one attached hydrogen (secondary N) is 2. The van der Waals surface area contributed by atoms with E-state index in [1.54, 1.807) is 35.8 Å². The highest BCUT2D eigenvalue weighted by Crippen LogP contribution is 2.45. The third-order valence-electron chi connectivity index (χ3n) is 6.16. The molecule has 2 aromatic carbocycles. The fourth-order valence-corrected chi connectivity index (χ4v) is 6.27. The second-order valence-corrected chi connectivity index (χ2v) is 10.5. The minimum atomic E-state index is -0.810. The van der Waals surface area contributed by atoms with Gasteiger partial charge >= 0.3 is 0 Å². The maximum Gasteiger partial charge on any atom is 0.239 e. The summed E-state index contributed by atoms with van der Waals surface area (Å²) in [5.74, 6) is -0.584. The molecule has 0 unspecified atom stereocenters. The topological polar surface area (TPSA) is 92.9 Å². The predicted molar refractivity (Wildman–Crippen MR) is 133 cm³/mol. The van der Waals surface area contributed by atoms with Crippen molar-refractivity contribution in [3.63, 3.8) is 0 Å². The van der Waals surface area contributed by atoms with E-state index in [0.29, 0.717) is 5.56 Å². The molecule has 1 amide bonds. The molecule has 1 fully saturated rings. The molecule has 1 aliphatic heterocycles. The number of guanidine groups is 1. The summed E-state index contributed by atoms with van der Waals surface area (Å²) in [6.07, 6.45) is 0. The number of aryl methyl sites for hydroxylation is 1. The Bertz CT molecular complexity index is 1460. The van der Waals surface area contributed by atoms with Crippen molar-refractivity contribution in [3.05, 3.63) is 74.9 Å². The molecular formula is C25H21N5OS2. The molecule has 33 heavy (non-hydrogen) atoms. The molecule has 1 aliphatic rings. The second-order valence-electron chi connectivity index (χ2n) is 8.36. The van der Waals surface area contributed by atoms with Gasteiger partial charge in [0.15, 0.2) is 5.96 Å². The lowest BCUT2D eigenvalue weighted by Crippen LogP contribution is -2.62. The van der Waals surface area contributed by atoms with Crippen molar-refractivity contribution in [3.8, 4) is 17.2 Å². The fourth-order valence-electron chi connectivity index (χ4n) is 4.40. The normalized spacial score (nSPS) is 20.7. The first-order valence-electron chi connectivity index (χ1n) is 10.4. The zero-order valence-corrected chi connectivity index (χ0v) is 20.0. The zero-order valence-electron chi connectivity index (χ0n) is 18.3. The van der Waals surface area contributed by atoms with Crippen molar-refractivity contribution >= 4 is 44.8 Å². The van der Waals surface area contributed by atoms with Crippen molar-refractivity contribution in [2.45, 2.75) is 25.3 Å². The van der Waals surface area contributed by atoms with Gasteiger partial charge in [-0.25, -0.2) is 4.98 Å². The molecule has 3 heterocycles. The Hall–Kier alpha value is -3.54. The van der Waals surface area contributed by atoms with E-state index in [2.05, 4.69) is 22.4 Å². The lowest BCUT2D eigenvalue weighted by molar-refractivity contribution is -0.131. The third kappa shape index (κ3) is 3.50. The summed E-state index contributed by atoms with van der Waals surface area (Å²) in [5.41, 5.74) is 3.48. The number of carbonyl (C=O) groups excluding carboxylic acids is 1. The highest BCUT2D eigenvalue weighted by molar-refractivity contribution is 7.18. The van der Waals surface area contributed by atoms with Crippen molar-refractivity contribution in [2.24, 2.45) is 0 Å². The Morgan fingerprint density at radius 2 is 2.03 bits per heavy atom. The number of benzene rings is 2. The molecule has 2 N–H and O–H groups in total. The number of thiophene rings is 1. The molecular weight excluding hydrogens is 450 g/mol. The van der Waals surface area contributed by atoms with Gasteiger partial charge in [-0.05, 0) is 66.2 Å². The lowest BCUT2D eigenvalue weighted by atomic mass is 9.76. The number of hydrogen-bond acceptors (Lipinski definition) is 6. The van der Waals surface area contributed by atoms with E-state index < -0.39 is 11.5 Å². The van der Waals surface area contributed by atoms with Gasteiger partial charge in [0.2, 0.25) is 5.91 Å². The van der Waals surface area contributed by atoms with Crippen LogP contribution in [0.1, 0.15) is 33.9 Å². The number of rotatable bonds is 3. The molecule has 8 heteroatoms. The van der Waals surface area contributed by atoms with Gasteiger partial charge in [-0.15, -0.1) is 22.7 Å². The first-order chi connectivity index (χ1) is 15.8. The predicted octanol–water partition coefficient (Wildman–Crippen LogP) is 5.20. The molecule has 0 radical (unpaired) electrons. The summed E-state index contributed by atoms with van der Waals surface area (Å²) >= 11 is 3.18. The van der Waals surface area contributed by atoms with Crippen molar-refractivity contribution in [1.82, 2.24) is 15.2 Å². The molecule has 0 spiro atoms. The van der Waals surface area contributed by atoms with Gasteiger partial charge in [0, 0.05) is 11.9 Å². The summed E-state index contributed by atoms with van der Waals surface area (Å²) in [4.78, 5) is 20.5. The van der Waals surface area contributed by atoms with Crippen LogP contribution >= 0.6 is 22.7 Å². The minimum absolute atomic E-state index is 0.0748. The van der Waals surface area contributed by atoms with Gasteiger partial charge in [-0.3, -0.25) is 15.1 Å². The van der Waals surface area contributed by atoms with Crippen LogP contribution in [0, 0.1) is 23.7 Å². The van der Waals surface area contributed by atoms with Crippen molar-refractivity contribution < 1.29 is 4.79 Å². The minimum Gasteiger partial charge on any atom is -0.345 e. The fraction of sp³-hybridized carbons (Fsp3) is 0.200. The van der Waals surface area contributed by atoms with E-state index >= 15 is 0 Å². The molecule has 2 aromatic heterocycles. The van der Waals surface area contributed by atoms with Gasteiger partial charge in [-0.1, -0.05) is 18.2 Å². The summed E-state index contributed by atoms with van der Waals surface area (Å²) < 4.78 is 1.09. The van der Waals surface area contributed by atoms with Crippen LogP contribution in [0.4, 0.5) is 0 Å². The number of hydrogen-bond donors (Lipinski definition) is 2. The molecule has 0 bridgehead atoms. The van der Waals surface area contributed by atoms with Crippen molar-refractivity contribution in [1.29, 1.82) is 10.7 Å². The zero-order chi connectivity index (χ0) is 23.3. The van der Waals surface area contributed by atoms with Crippen LogP contribution in [0.2, 0.25) is 0 Å². The smallest absolute Gasteiger partial charge is 0.239 e. The Morgan fingerprint density at radius 3 is 2.82 bits per heavy atom. The van der Waals surface area contributed by atoms with Crippen LogP contribution in [0.5, 0.6) is 0 Å². The second kappa shape index (κ2) is 7.80. The van der Waals surface area contributed by atoms with E-state index in [4.69, 9.17) is 5.41 Å². The lowest BCUT2D eigenvalue weighted by Gasteiger charge is -2.45. The molecule has 2 atom stereocenters. The third-order valence-corrected chi connectivity index (χ3v) is 8.28. The molecule has 6 nitrogen and oxygen atoms in total. The van der Waals surface area contributed by atoms with Crippen LogP contribution in [0.15, 0.2) is 53.9 Å². The number of aromatic nitrogens is 1. The van der Waals surface area contributed by atoms with Crippen LogP contribution < -0.4 is 5.32 Å². The quantitative estimate of drug-likeness (QED) is 0.429. The van der Waals surface area contributed by atoms with E-state index in [1.165, 1.54) is 4.90 Å². The maximum atomic E-state index is 13.5. The largest absolute Gasteiger partial charge is 0.345 e. The van der Waals surface area contributed by atoms with E-state index in [9.17, 15) is 10.1 Å². The van der Waals surface area contributed by atoms with Gasteiger partial charge in [-0.2, -0.15) is 5.26 Å². The van der Waals surface area contributed by atoms with Gasteiger partial charge in [0.05, 0.1) is 38.3 Å². The standard InChI is InChI=1S/C25H21N5OS2/c1-14-28-19-10-17(7-8-20(19)33-14)22-23(31)30(3)24(27)29-25(22,2)21-11-18(13-32-21)16-6-4-5-15(9-16)12-26/h4-11,13,22H,1-3H3,(H2,27,29)/t22-,25-/m1/s1. The number of fused-ring (bicyclic) bond motifs is 1. The summed E-state index contributed by atoms with van der Waals surface area (Å²) in [6, 6.07) is 17.7. The first-order valence-corrected chi connectivity index (χ1v) is 12.1. The Balaban J connectivity index is 1.62. The Morgan fingerprint density at radius 1 is 1.21 bits per heavy atom. The van der Waals surface area contributed by atoms with Crippen LogP contribution in [-0.2, 0) is 10.3 Å². The van der Waals surface area contributed by atoms with Gasteiger partial charge < -0.3 is 5.32 Å². The average molecular weight is 472 g/mol. The van der Waals surface area contributed by atoms with Gasteiger partial charge in [0.1, 0.15) is 0 Å². The van der Waals surface area contributed by atoms with Crippen molar-refractivity contribution in [2.75, 3.05) is 7.05 Å². The summed E-state index contributed by atoms with van der Waals surface area (Å²) in [6.45, 7) is 3.96. The van der Waals surface area contributed by atoms with Crippen LogP contribution in [0.3, 0.4) is 0 Å². The molecule has 5 rings (SSSR count). The monoisotopic (exact) mass is 471 g/mol. The van der Waals surface area contributed by atoms with Crippen LogP contribution in [-0.4, -0.2) is 28.8 Å². The number of likely N-dealkylation sites (N-methyl/N-ethyl adjacent to an activating group) is 1. The van der Waals surface area contributed by atoms with E-state index in [-0.39, 0.29) is 11.9 Å². The SMILES string of the molecule is Cc1nc2cc([C@@H]3C(=O)N(C)C(=N)N[C@]3(C)c3cc(-c4cccc(C#N)c4)cs3)ccc2s1. The van der Waals surface area contributed by atoms with E-state index in [0.717, 1.165) is 36.8 Å². The van der Waals surface area contributed by atoms with E-state index in [1.807, 2.05) is 55.6 Å². The number of carbonyl (C=O) groups is 1. The molecule has 1 saturated heterocycles. The Labute approximate surface area is 199 Å². The molecule has 164 valence electrons. The molecule has 0 saturated carbocycles. The number of nitriles is 1. The number of thiazole rings is 1. The number of amides is 1. The molecule has 0 aliphatic carbocycles. The summed E-state index contributed by atoms with van der Waals surface area (Å²) in [7, 11) is 1.63. The Kier molecular flexibility index (Phi) is 5.04. The van der Waals surface area contributed by atoms with Crippen LogP contribution in [0.25, 0.3) is 21.3 Å². The number of nitrogens with zero attached hydrogens (tertiary/aromatic N) is 3. The molecule has 4 aromatic rings. The van der Waals surface area contributed by atoms with Gasteiger partial charge in [0.25, 0.3) is 0 Å². The summed E-state index contributed by atoms with van der Waals surface area (Å²) in [5, 5.41) is 24.0. The first kappa shape index (κ1) is 21.3.